The predicted molar refractivity (Wildman–Crippen MR) is 99.4 cm³/mol. The van der Waals surface area contributed by atoms with Gasteiger partial charge in [0.05, 0.1) is 12.6 Å². The van der Waals surface area contributed by atoms with E-state index in [4.69, 9.17) is 9.47 Å². The third-order valence-electron chi connectivity index (χ3n) is 5.47. The molecule has 0 unspecified atom stereocenters. The number of carbonyl (C=O) groups excluding carboxylic acids is 1. The second-order valence-corrected chi connectivity index (χ2v) is 7.58. The normalized spacial score (nSPS) is 25.7. The highest BCUT2D eigenvalue weighted by molar-refractivity contribution is 5.77. The van der Waals surface area contributed by atoms with Crippen LogP contribution in [0.1, 0.15) is 31.2 Å². The number of amides is 1. The summed E-state index contributed by atoms with van der Waals surface area (Å²) in [6.45, 7) is 1.89. The van der Waals surface area contributed by atoms with Crippen LogP contribution >= 0.6 is 0 Å². The molecule has 1 aromatic rings. The highest BCUT2D eigenvalue weighted by Crippen LogP contribution is 2.36. The summed E-state index contributed by atoms with van der Waals surface area (Å²) in [6.07, 6.45) is -1.16. The Balaban J connectivity index is 1.72. The van der Waals surface area contributed by atoms with Gasteiger partial charge in [0.2, 0.25) is 5.91 Å². The first-order valence-electron chi connectivity index (χ1n) is 9.79. The van der Waals surface area contributed by atoms with Gasteiger partial charge >= 0.3 is 6.36 Å². The number of methoxy groups -OCH3 is 1. The molecule has 2 atom stereocenters. The number of nitrogens with one attached hydrogen (secondary N) is 1. The number of carbonyl (C=O) groups is 1. The van der Waals surface area contributed by atoms with Crippen molar-refractivity contribution in [2.75, 3.05) is 33.4 Å². The fraction of sp³-hybridized carbons (Fsp3) is 0.650. The van der Waals surface area contributed by atoms with Crippen LogP contribution in [0.2, 0.25) is 0 Å². The molecular weight excluding hydrogens is 389 g/mol. The number of rotatable bonds is 6. The van der Waals surface area contributed by atoms with Crippen LogP contribution in [0.5, 0.6) is 5.75 Å². The van der Waals surface area contributed by atoms with Crippen molar-refractivity contribution in [1.29, 1.82) is 0 Å². The lowest BCUT2D eigenvalue weighted by molar-refractivity contribution is -0.275. The maximum absolute atomic E-state index is 12.7. The number of para-hydroxylation sites is 1. The van der Waals surface area contributed by atoms with E-state index in [1.54, 1.807) is 12.1 Å². The Kier molecular flexibility index (Phi) is 7.02. The van der Waals surface area contributed by atoms with Crippen molar-refractivity contribution >= 4 is 5.91 Å². The summed E-state index contributed by atoms with van der Waals surface area (Å²) < 4.78 is 53.4. The molecule has 3 rings (SSSR count). The molecule has 162 valence electrons. The van der Waals surface area contributed by atoms with Gasteiger partial charge in [0.25, 0.3) is 0 Å². The van der Waals surface area contributed by atoms with Crippen molar-refractivity contribution in [3.63, 3.8) is 0 Å². The first kappa shape index (κ1) is 21.9. The van der Waals surface area contributed by atoms with E-state index in [1.165, 1.54) is 19.2 Å². The van der Waals surface area contributed by atoms with Gasteiger partial charge in [0.1, 0.15) is 18.0 Å². The fourth-order valence-electron chi connectivity index (χ4n) is 4.26. The molecule has 1 spiro atoms. The Morgan fingerprint density at radius 3 is 2.90 bits per heavy atom. The molecular formula is C20H27F3N2O4. The van der Waals surface area contributed by atoms with E-state index >= 15 is 0 Å². The molecule has 1 aliphatic heterocycles. The zero-order valence-electron chi connectivity index (χ0n) is 16.5. The van der Waals surface area contributed by atoms with E-state index in [0.717, 1.165) is 25.7 Å². The number of hydrogen-bond acceptors (Lipinski definition) is 5. The van der Waals surface area contributed by atoms with Crippen LogP contribution in [-0.2, 0) is 20.8 Å². The predicted octanol–water partition coefficient (Wildman–Crippen LogP) is 2.86. The van der Waals surface area contributed by atoms with Gasteiger partial charge in [-0.25, -0.2) is 0 Å². The molecule has 9 heteroatoms. The van der Waals surface area contributed by atoms with E-state index in [2.05, 4.69) is 15.0 Å². The van der Waals surface area contributed by atoms with Crippen LogP contribution < -0.4 is 10.1 Å². The van der Waals surface area contributed by atoms with Gasteiger partial charge in [-0.2, -0.15) is 0 Å². The van der Waals surface area contributed by atoms with Gasteiger partial charge < -0.3 is 19.5 Å². The highest BCUT2D eigenvalue weighted by Gasteiger charge is 2.46. The third kappa shape index (κ3) is 5.83. The molecule has 1 heterocycles. The lowest BCUT2D eigenvalue weighted by atomic mass is 9.78. The van der Waals surface area contributed by atoms with Crippen molar-refractivity contribution in [3.8, 4) is 5.75 Å². The SMILES string of the molecule is COCC(=O)N[C@@H]1CCCC[C@@]12CN(Cc1ccccc1OC(F)(F)F)CCO2. The molecule has 1 saturated heterocycles. The average Bonchev–Trinajstić information content (AvgIpc) is 2.65. The van der Waals surface area contributed by atoms with Crippen molar-refractivity contribution in [3.05, 3.63) is 29.8 Å². The van der Waals surface area contributed by atoms with Gasteiger partial charge in [0.15, 0.2) is 0 Å². The fourth-order valence-corrected chi connectivity index (χ4v) is 4.26. The second kappa shape index (κ2) is 9.32. The molecule has 2 fully saturated rings. The monoisotopic (exact) mass is 416 g/mol. The van der Waals surface area contributed by atoms with Gasteiger partial charge in [-0.15, -0.1) is 13.2 Å². The van der Waals surface area contributed by atoms with Crippen LogP contribution in [-0.4, -0.2) is 62.2 Å². The minimum absolute atomic E-state index is 0.0154. The van der Waals surface area contributed by atoms with Crippen LogP contribution in [0.25, 0.3) is 0 Å². The summed E-state index contributed by atoms with van der Waals surface area (Å²) in [5.74, 6) is -0.377. The minimum Gasteiger partial charge on any atom is -0.405 e. The molecule has 6 nitrogen and oxygen atoms in total. The first-order valence-corrected chi connectivity index (χ1v) is 9.79. The van der Waals surface area contributed by atoms with Crippen LogP contribution in [0, 0.1) is 0 Å². The molecule has 29 heavy (non-hydrogen) atoms. The number of benzene rings is 1. The van der Waals surface area contributed by atoms with Gasteiger partial charge in [-0.3, -0.25) is 9.69 Å². The summed E-state index contributed by atoms with van der Waals surface area (Å²) in [6, 6.07) is 6.04. The molecule has 1 aromatic carbocycles. The zero-order chi connectivity index (χ0) is 20.9. The van der Waals surface area contributed by atoms with E-state index in [-0.39, 0.29) is 24.3 Å². The smallest absolute Gasteiger partial charge is 0.405 e. The molecule has 1 amide bonds. The lowest BCUT2D eigenvalue weighted by Gasteiger charge is -2.49. The molecule has 1 saturated carbocycles. The standard InChI is InChI=1S/C20H27F3N2O4/c1-27-13-18(26)24-17-8-4-5-9-19(17)14-25(10-11-28-19)12-15-6-2-3-7-16(15)29-20(21,22)23/h2-3,6-7,17H,4-5,8-14H2,1H3,(H,24,26)/t17-,19-/m1/s1. The maximum Gasteiger partial charge on any atom is 0.573 e. The van der Waals surface area contributed by atoms with E-state index in [1.807, 2.05) is 0 Å². The Bertz CT molecular complexity index is 697. The number of ether oxygens (including phenoxy) is 3. The summed E-state index contributed by atoms with van der Waals surface area (Å²) >= 11 is 0. The van der Waals surface area contributed by atoms with Crippen LogP contribution in [0.15, 0.2) is 24.3 Å². The van der Waals surface area contributed by atoms with Crippen LogP contribution in [0.3, 0.4) is 0 Å². The summed E-state index contributed by atoms with van der Waals surface area (Å²) in [7, 11) is 1.47. The van der Waals surface area contributed by atoms with Crippen molar-refractivity contribution < 1.29 is 32.2 Å². The second-order valence-electron chi connectivity index (χ2n) is 7.58. The Morgan fingerprint density at radius 1 is 1.34 bits per heavy atom. The molecule has 2 aliphatic rings. The average molecular weight is 416 g/mol. The molecule has 1 aliphatic carbocycles. The lowest BCUT2D eigenvalue weighted by Crippen LogP contribution is -2.64. The minimum atomic E-state index is -4.73. The number of nitrogens with zero attached hydrogens (tertiary/aromatic N) is 1. The number of halogens is 3. The summed E-state index contributed by atoms with van der Waals surface area (Å²) in [4.78, 5) is 14.1. The van der Waals surface area contributed by atoms with Crippen molar-refractivity contribution in [1.82, 2.24) is 10.2 Å². The number of morpholine rings is 1. The summed E-state index contributed by atoms with van der Waals surface area (Å²) in [5, 5.41) is 3.02. The Morgan fingerprint density at radius 2 is 2.14 bits per heavy atom. The quantitative estimate of drug-likeness (QED) is 0.773. The number of alkyl halides is 3. The maximum atomic E-state index is 12.7. The van der Waals surface area contributed by atoms with Gasteiger partial charge in [0, 0.05) is 32.3 Å². The topological polar surface area (TPSA) is 60.0 Å². The number of hydrogen-bond donors (Lipinski definition) is 1. The molecule has 0 bridgehead atoms. The van der Waals surface area contributed by atoms with Gasteiger partial charge in [-0.05, 0) is 18.9 Å². The van der Waals surface area contributed by atoms with Crippen molar-refractivity contribution in [2.24, 2.45) is 0 Å². The van der Waals surface area contributed by atoms with E-state index < -0.39 is 12.0 Å². The molecule has 1 N–H and O–H groups in total. The summed E-state index contributed by atoms with van der Waals surface area (Å²) in [5.41, 5.74) is -0.0719. The van der Waals surface area contributed by atoms with E-state index in [0.29, 0.717) is 31.8 Å². The van der Waals surface area contributed by atoms with E-state index in [9.17, 15) is 18.0 Å². The Labute approximate surface area is 168 Å². The van der Waals surface area contributed by atoms with Crippen LogP contribution in [0.4, 0.5) is 13.2 Å². The molecule has 0 aromatic heterocycles. The Hall–Kier alpha value is -1.84. The third-order valence-corrected chi connectivity index (χ3v) is 5.47. The first-order chi connectivity index (χ1) is 13.8. The van der Waals surface area contributed by atoms with Crippen molar-refractivity contribution in [2.45, 2.75) is 50.2 Å². The highest BCUT2D eigenvalue weighted by atomic mass is 19.4. The zero-order valence-corrected chi connectivity index (χ0v) is 16.5. The molecule has 0 radical (unpaired) electrons. The van der Waals surface area contributed by atoms with Gasteiger partial charge in [-0.1, -0.05) is 31.0 Å². The largest absolute Gasteiger partial charge is 0.573 e.